The predicted molar refractivity (Wildman–Crippen MR) is 77.9 cm³/mol. The fourth-order valence-electron chi connectivity index (χ4n) is 1.84. The average molecular weight is 278 g/mol. The number of rotatable bonds is 4. The minimum atomic E-state index is 0.568. The van der Waals surface area contributed by atoms with Crippen molar-refractivity contribution in [1.82, 2.24) is 9.97 Å². The van der Waals surface area contributed by atoms with Crippen LogP contribution in [0, 0.1) is 6.92 Å². The number of anilines is 1. The summed E-state index contributed by atoms with van der Waals surface area (Å²) < 4.78 is 5.34. The van der Waals surface area contributed by atoms with Crippen molar-refractivity contribution in [3.63, 3.8) is 0 Å². The first-order valence-corrected chi connectivity index (χ1v) is 6.46. The Kier molecular flexibility index (Phi) is 4.22. The van der Waals surface area contributed by atoms with Crippen molar-refractivity contribution in [2.24, 2.45) is 0 Å². The Hall–Kier alpha value is -1.81. The highest BCUT2D eigenvalue weighted by Gasteiger charge is 2.14. The van der Waals surface area contributed by atoms with E-state index in [1.807, 2.05) is 32.0 Å². The smallest absolute Gasteiger partial charge is 0.167 e. The highest BCUT2D eigenvalue weighted by atomic mass is 35.5. The zero-order chi connectivity index (χ0) is 13.8. The van der Waals surface area contributed by atoms with Crippen LogP contribution in [0.4, 0.5) is 5.82 Å². The van der Waals surface area contributed by atoms with Crippen molar-refractivity contribution >= 4 is 17.4 Å². The zero-order valence-electron chi connectivity index (χ0n) is 11.2. The van der Waals surface area contributed by atoms with Gasteiger partial charge in [0.15, 0.2) is 5.82 Å². The van der Waals surface area contributed by atoms with Crippen molar-refractivity contribution in [2.45, 2.75) is 13.8 Å². The number of aromatic nitrogens is 2. The van der Waals surface area contributed by atoms with Gasteiger partial charge in [-0.2, -0.15) is 0 Å². The summed E-state index contributed by atoms with van der Waals surface area (Å²) in [6.45, 7) is 4.75. The SMILES string of the molecule is CCNc1cc(C)nc(-c2c(Cl)cccc2OC)n1. The Balaban J connectivity index is 2.58. The molecule has 0 aliphatic heterocycles. The fourth-order valence-corrected chi connectivity index (χ4v) is 2.09. The Labute approximate surface area is 117 Å². The van der Waals surface area contributed by atoms with E-state index in [4.69, 9.17) is 16.3 Å². The predicted octanol–water partition coefficient (Wildman–Crippen LogP) is 3.55. The summed E-state index contributed by atoms with van der Waals surface area (Å²) in [4.78, 5) is 8.92. The molecular formula is C14H16ClN3O. The average Bonchev–Trinajstić information content (AvgIpc) is 2.38. The summed E-state index contributed by atoms with van der Waals surface area (Å²) in [5, 5.41) is 3.76. The van der Waals surface area contributed by atoms with Gasteiger partial charge in [0, 0.05) is 18.3 Å². The molecule has 0 spiro atoms. The lowest BCUT2D eigenvalue weighted by atomic mass is 10.2. The van der Waals surface area contributed by atoms with Crippen LogP contribution < -0.4 is 10.1 Å². The zero-order valence-corrected chi connectivity index (χ0v) is 12.0. The van der Waals surface area contributed by atoms with Crippen LogP contribution >= 0.6 is 11.6 Å². The number of hydrogen-bond donors (Lipinski definition) is 1. The molecule has 0 bridgehead atoms. The second-order valence-corrected chi connectivity index (χ2v) is 4.47. The molecule has 5 heteroatoms. The lowest BCUT2D eigenvalue weighted by Crippen LogP contribution is -2.03. The van der Waals surface area contributed by atoms with E-state index in [-0.39, 0.29) is 0 Å². The molecular weight excluding hydrogens is 262 g/mol. The van der Waals surface area contributed by atoms with E-state index in [9.17, 15) is 0 Å². The van der Waals surface area contributed by atoms with Crippen molar-refractivity contribution in [3.05, 3.63) is 35.0 Å². The Bertz CT molecular complexity index is 587. The molecule has 0 amide bonds. The van der Waals surface area contributed by atoms with Crippen LogP contribution in [0.25, 0.3) is 11.4 Å². The van der Waals surface area contributed by atoms with E-state index in [2.05, 4.69) is 15.3 Å². The summed E-state index contributed by atoms with van der Waals surface area (Å²) in [5.41, 5.74) is 1.59. The first-order valence-electron chi connectivity index (χ1n) is 6.08. The number of hydrogen-bond acceptors (Lipinski definition) is 4. The quantitative estimate of drug-likeness (QED) is 0.928. The van der Waals surface area contributed by atoms with Crippen LogP contribution in [-0.4, -0.2) is 23.6 Å². The van der Waals surface area contributed by atoms with E-state index in [1.54, 1.807) is 13.2 Å². The van der Waals surface area contributed by atoms with Gasteiger partial charge in [-0.3, -0.25) is 0 Å². The molecule has 0 aliphatic rings. The lowest BCUT2D eigenvalue weighted by Gasteiger charge is -2.11. The van der Waals surface area contributed by atoms with Gasteiger partial charge in [-0.15, -0.1) is 0 Å². The molecule has 0 aliphatic carbocycles. The molecule has 0 radical (unpaired) electrons. The number of ether oxygens (including phenoxy) is 1. The van der Waals surface area contributed by atoms with Gasteiger partial charge in [-0.05, 0) is 26.0 Å². The van der Waals surface area contributed by atoms with Gasteiger partial charge >= 0.3 is 0 Å². The largest absolute Gasteiger partial charge is 0.496 e. The third kappa shape index (κ3) is 2.96. The topological polar surface area (TPSA) is 47.0 Å². The van der Waals surface area contributed by atoms with Crippen LogP contribution in [0.1, 0.15) is 12.6 Å². The molecule has 0 unspecified atom stereocenters. The molecule has 0 saturated heterocycles. The summed E-state index contributed by atoms with van der Waals surface area (Å²) in [6.07, 6.45) is 0. The van der Waals surface area contributed by atoms with Crippen LogP contribution in [0.3, 0.4) is 0 Å². The third-order valence-corrected chi connectivity index (χ3v) is 2.95. The van der Waals surface area contributed by atoms with Crippen LogP contribution in [0.2, 0.25) is 5.02 Å². The van der Waals surface area contributed by atoms with Gasteiger partial charge in [0.25, 0.3) is 0 Å². The van der Waals surface area contributed by atoms with Gasteiger partial charge in [0.1, 0.15) is 11.6 Å². The number of nitrogens with zero attached hydrogens (tertiary/aromatic N) is 2. The van der Waals surface area contributed by atoms with Crippen LogP contribution in [0.15, 0.2) is 24.3 Å². The number of nitrogens with one attached hydrogen (secondary N) is 1. The molecule has 100 valence electrons. The molecule has 1 aromatic heterocycles. The van der Waals surface area contributed by atoms with E-state index < -0.39 is 0 Å². The normalized spacial score (nSPS) is 10.3. The Morgan fingerprint density at radius 1 is 1.32 bits per heavy atom. The molecule has 2 aromatic rings. The maximum absolute atomic E-state index is 6.24. The number of halogens is 1. The molecule has 0 atom stereocenters. The van der Waals surface area contributed by atoms with Crippen molar-refractivity contribution in [3.8, 4) is 17.1 Å². The molecule has 1 aromatic carbocycles. The summed E-state index contributed by atoms with van der Waals surface area (Å²) in [7, 11) is 1.61. The van der Waals surface area contributed by atoms with Crippen molar-refractivity contribution in [2.75, 3.05) is 19.0 Å². The van der Waals surface area contributed by atoms with E-state index in [1.165, 1.54) is 0 Å². The third-order valence-electron chi connectivity index (χ3n) is 2.63. The number of aryl methyl sites for hydroxylation is 1. The fraction of sp³-hybridized carbons (Fsp3) is 0.286. The monoisotopic (exact) mass is 277 g/mol. The molecule has 1 N–H and O–H groups in total. The summed E-state index contributed by atoms with van der Waals surface area (Å²) >= 11 is 6.24. The molecule has 0 saturated carbocycles. The molecule has 2 rings (SSSR count). The van der Waals surface area contributed by atoms with Gasteiger partial charge < -0.3 is 10.1 Å². The van der Waals surface area contributed by atoms with E-state index in [0.29, 0.717) is 16.6 Å². The Morgan fingerprint density at radius 3 is 2.79 bits per heavy atom. The lowest BCUT2D eigenvalue weighted by molar-refractivity contribution is 0.416. The van der Waals surface area contributed by atoms with E-state index >= 15 is 0 Å². The molecule has 19 heavy (non-hydrogen) atoms. The van der Waals surface area contributed by atoms with Crippen LogP contribution in [0.5, 0.6) is 5.75 Å². The highest BCUT2D eigenvalue weighted by molar-refractivity contribution is 6.33. The van der Waals surface area contributed by atoms with Crippen molar-refractivity contribution in [1.29, 1.82) is 0 Å². The molecule has 1 heterocycles. The van der Waals surface area contributed by atoms with Gasteiger partial charge in [-0.1, -0.05) is 17.7 Å². The maximum Gasteiger partial charge on any atom is 0.167 e. The van der Waals surface area contributed by atoms with E-state index in [0.717, 1.165) is 23.6 Å². The van der Waals surface area contributed by atoms with Gasteiger partial charge in [0.2, 0.25) is 0 Å². The second kappa shape index (κ2) is 5.89. The standard InChI is InChI=1S/C14H16ClN3O/c1-4-16-12-8-9(2)17-14(18-12)13-10(15)6-5-7-11(13)19-3/h5-8H,4H2,1-3H3,(H,16,17,18). The highest BCUT2D eigenvalue weighted by Crippen LogP contribution is 2.34. The van der Waals surface area contributed by atoms with Gasteiger partial charge in [-0.25, -0.2) is 9.97 Å². The maximum atomic E-state index is 6.24. The molecule has 0 fully saturated rings. The number of methoxy groups -OCH3 is 1. The minimum absolute atomic E-state index is 0.568. The van der Waals surface area contributed by atoms with Crippen LogP contribution in [-0.2, 0) is 0 Å². The second-order valence-electron chi connectivity index (χ2n) is 4.07. The summed E-state index contributed by atoms with van der Waals surface area (Å²) in [6, 6.07) is 7.39. The Morgan fingerprint density at radius 2 is 2.11 bits per heavy atom. The summed E-state index contributed by atoms with van der Waals surface area (Å²) in [5.74, 6) is 2.02. The minimum Gasteiger partial charge on any atom is -0.496 e. The first kappa shape index (κ1) is 13.6. The first-order chi connectivity index (χ1) is 9.15. The van der Waals surface area contributed by atoms with Crippen molar-refractivity contribution < 1.29 is 4.74 Å². The number of benzene rings is 1. The van der Waals surface area contributed by atoms with Gasteiger partial charge in [0.05, 0.1) is 17.7 Å². The molecule has 4 nitrogen and oxygen atoms in total.